The van der Waals surface area contributed by atoms with Gasteiger partial charge in [0.2, 0.25) is 21.7 Å². The molecule has 0 unspecified atom stereocenters. The molecule has 3 saturated heterocycles. The van der Waals surface area contributed by atoms with Gasteiger partial charge in [-0.25, -0.2) is 18.1 Å². The summed E-state index contributed by atoms with van der Waals surface area (Å²) in [6.07, 6.45) is 7.73. The van der Waals surface area contributed by atoms with E-state index in [0.29, 0.717) is 18.8 Å². The second-order valence-electron chi connectivity index (χ2n) is 15.6. The second kappa shape index (κ2) is 16.4. The maximum Gasteiger partial charge on any atom is 0.287 e. The number of sulfonamides is 1. The van der Waals surface area contributed by atoms with Crippen LogP contribution >= 0.6 is 0 Å². The van der Waals surface area contributed by atoms with Gasteiger partial charge in [-0.05, 0) is 63.3 Å². The lowest BCUT2D eigenvalue weighted by atomic mass is 9.84. The summed E-state index contributed by atoms with van der Waals surface area (Å²) in [5.74, 6) is -4.24. The zero-order valence-electron chi connectivity index (χ0n) is 31.3. The average molecular weight is 783 g/mol. The fraction of sp³-hybridized carbons (Fsp3) is 0.622. The normalized spacial score (nSPS) is 22.7. The Bertz CT molecular complexity index is 1920. The molecule has 0 bridgehead atoms. The Morgan fingerprint density at radius 3 is 2.29 bits per heavy atom. The molecule has 3 aliphatic heterocycles. The first-order valence-corrected chi connectivity index (χ1v) is 20.4. The molecule has 1 aromatic heterocycles. The van der Waals surface area contributed by atoms with Crippen LogP contribution in [0.5, 0.6) is 0 Å². The lowest BCUT2D eigenvalue weighted by molar-refractivity contribution is -0.146. The first-order chi connectivity index (χ1) is 26.1. The van der Waals surface area contributed by atoms with E-state index in [9.17, 15) is 37.5 Å². The van der Waals surface area contributed by atoms with E-state index in [1.54, 1.807) is 13.8 Å². The molecule has 2 atom stereocenters. The van der Waals surface area contributed by atoms with Crippen LogP contribution in [0.25, 0.3) is 0 Å². The van der Waals surface area contributed by atoms with Crippen LogP contribution < -0.4 is 11.1 Å². The number of carbonyl (C=O) groups is 5. The number of hydrogen-bond donors (Lipinski definition) is 3. The number of carbonyl (C=O) groups excluding carboxylic acids is 5. The van der Waals surface area contributed by atoms with E-state index in [1.165, 1.54) is 44.3 Å². The number of Topliss-reactive ketones (excluding diaryl/α,β-unsaturated/α-hetero) is 1. The quantitative estimate of drug-likeness (QED) is 0.206. The summed E-state index contributed by atoms with van der Waals surface area (Å²) in [4.78, 5) is 73.9. The summed E-state index contributed by atoms with van der Waals surface area (Å²) in [7, 11) is -3.72. The minimum Gasteiger partial charge on any atom is -0.384 e. The minimum atomic E-state index is -3.72. The van der Waals surface area contributed by atoms with Crippen LogP contribution in [-0.2, 0) is 39.5 Å². The number of nitrogens with zero attached hydrogens (tertiary/aromatic N) is 6. The number of aliphatic hydroxyl groups is 1. The third-order valence-electron chi connectivity index (χ3n) is 11.3. The zero-order valence-corrected chi connectivity index (χ0v) is 32.1. The molecule has 4 aliphatic rings. The van der Waals surface area contributed by atoms with Gasteiger partial charge in [-0.15, -0.1) is 5.10 Å². The summed E-state index contributed by atoms with van der Waals surface area (Å²) in [6.45, 7) is 4.09. The number of aromatic nitrogens is 3. The molecule has 17 nitrogen and oxygen atoms in total. The van der Waals surface area contributed by atoms with Crippen molar-refractivity contribution in [3.63, 3.8) is 0 Å². The highest BCUT2D eigenvalue weighted by atomic mass is 32.2. The molecule has 4 N–H and O–H groups in total. The number of benzene rings is 1. The highest BCUT2D eigenvalue weighted by molar-refractivity contribution is 7.89. The molecular formula is C37H50N8O9S. The van der Waals surface area contributed by atoms with E-state index in [1.807, 2.05) is 0 Å². The van der Waals surface area contributed by atoms with Crippen molar-refractivity contribution in [2.45, 2.75) is 113 Å². The number of amides is 4. The van der Waals surface area contributed by atoms with Gasteiger partial charge in [-0.2, -0.15) is 4.31 Å². The van der Waals surface area contributed by atoms with Crippen LogP contribution in [0, 0.1) is 5.92 Å². The van der Waals surface area contributed by atoms with E-state index in [2.05, 4.69) is 20.6 Å². The van der Waals surface area contributed by atoms with Gasteiger partial charge in [0.15, 0.2) is 0 Å². The average Bonchev–Trinajstić information content (AvgIpc) is 3.97. The number of aliphatic imine (C=N–C) groups is 1. The van der Waals surface area contributed by atoms with Crippen molar-refractivity contribution < 1.29 is 42.2 Å². The van der Waals surface area contributed by atoms with Crippen molar-refractivity contribution >= 4 is 45.1 Å². The molecule has 18 heteroatoms. The van der Waals surface area contributed by atoms with Crippen LogP contribution in [-0.4, -0.2) is 117 Å². The van der Waals surface area contributed by atoms with Crippen LogP contribution in [0.3, 0.4) is 0 Å². The molecule has 298 valence electrons. The van der Waals surface area contributed by atoms with Gasteiger partial charge in [-0.1, -0.05) is 37.3 Å². The molecule has 4 amide bonds. The molecule has 55 heavy (non-hydrogen) atoms. The molecule has 1 aliphatic carbocycles. The van der Waals surface area contributed by atoms with E-state index in [4.69, 9.17) is 10.5 Å². The van der Waals surface area contributed by atoms with Gasteiger partial charge < -0.3 is 25.8 Å². The Hall–Kier alpha value is -4.39. The van der Waals surface area contributed by atoms with Crippen LogP contribution in [0.2, 0.25) is 0 Å². The highest BCUT2D eigenvalue weighted by Crippen LogP contribution is 2.34. The van der Waals surface area contributed by atoms with Gasteiger partial charge in [0.25, 0.3) is 17.7 Å². The SMILES string of the molecule is CC(C)(O)c1cnnn1[C@H]1C[C@@H](C(=O)NC2(C(=O)C(N)=O)CCOCC2)N(C(=O)C(CC2CCCCC2)=NC(=O)c2ccc(S(=O)(=O)N3CCCC3)cc2)C1. The third kappa shape index (κ3) is 8.71. The topological polar surface area (TPSA) is 237 Å². The number of likely N-dealkylation sites (tertiary alicyclic amines) is 1. The molecule has 4 fully saturated rings. The van der Waals surface area contributed by atoms with Crippen molar-refractivity contribution in [3.05, 3.63) is 41.7 Å². The number of nitrogens with one attached hydrogen (secondary N) is 1. The predicted octanol–water partition coefficient (Wildman–Crippen LogP) is 1.40. The van der Waals surface area contributed by atoms with E-state index >= 15 is 0 Å². The van der Waals surface area contributed by atoms with Gasteiger partial charge in [0.05, 0.1) is 22.8 Å². The lowest BCUT2D eigenvalue weighted by Crippen LogP contribution is -2.63. The van der Waals surface area contributed by atoms with Crippen molar-refractivity contribution in [3.8, 4) is 0 Å². The summed E-state index contributed by atoms with van der Waals surface area (Å²) in [6, 6.07) is 3.62. The molecule has 1 saturated carbocycles. The van der Waals surface area contributed by atoms with Gasteiger partial charge >= 0.3 is 0 Å². The number of hydrogen-bond acceptors (Lipinski definition) is 11. The fourth-order valence-electron chi connectivity index (χ4n) is 8.14. The van der Waals surface area contributed by atoms with Crippen molar-refractivity contribution in [2.75, 3.05) is 32.8 Å². The van der Waals surface area contributed by atoms with E-state index in [0.717, 1.165) is 44.9 Å². The maximum absolute atomic E-state index is 14.8. The molecule has 2 aromatic rings. The molecular weight excluding hydrogens is 733 g/mol. The first kappa shape index (κ1) is 40.3. The highest BCUT2D eigenvalue weighted by Gasteiger charge is 2.49. The number of ketones is 1. The summed E-state index contributed by atoms with van der Waals surface area (Å²) in [5, 5.41) is 21.8. The number of primary amides is 1. The number of nitrogens with two attached hydrogens (primary N) is 1. The summed E-state index contributed by atoms with van der Waals surface area (Å²) < 4.78 is 34.5. The predicted molar refractivity (Wildman–Crippen MR) is 197 cm³/mol. The van der Waals surface area contributed by atoms with E-state index in [-0.39, 0.29) is 67.5 Å². The summed E-state index contributed by atoms with van der Waals surface area (Å²) in [5.41, 5.74) is 2.78. The maximum atomic E-state index is 14.8. The van der Waals surface area contributed by atoms with Crippen LogP contribution in [0.15, 0.2) is 40.4 Å². The van der Waals surface area contributed by atoms with Crippen molar-refractivity contribution in [1.82, 2.24) is 29.5 Å². The Morgan fingerprint density at radius 1 is 1.02 bits per heavy atom. The van der Waals surface area contributed by atoms with Gasteiger partial charge in [0.1, 0.15) is 22.9 Å². The van der Waals surface area contributed by atoms with Crippen LogP contribution in [0.4, 0.5) is 0 Å². The smallest absolute Gasteiger partial charge is 0.287 e. The number of rotatable bonds is 12. The van der Waals surface area contributed by atoms with Crippen molar-refractivity contribution in [2.24, 2.45) is 16.6 Å². The fourth-order valence-corrected chi connectivity index (χ4v) is 9.66. The number of ether oxygens (including phenoxy) is 1. The largest absolute Gasteiger partial charge is 0.384 e. The Balaban J connectivity index is 1.34. The third-order valence-corrected chi connectivity index (χ3v) is 13.2. The lowest BCUT2D eigenvalue weighted by Gasteiger charge is -2.37. The minimum absolute atomic E-state index is 0.00103. The molecule has 6 rings (SSSR count). The monoisotopic (exact) mass is 782 g/mol. The van der Waals surface area contributed by atoms with E-state index < -0.39 is 62.7 Å². The summed E-state index contributed by atoms with van der Waals surface area (Å²) >= 11 is 0. The Kier molecular flexibility index (Phi) is 12.0. The molecule has 0 radical (unpaired) electrons. The Labute approximate surface area is 320 Å². The molecule has 0 spiro atoms. The second-order valence-corrected chi connectivity index (χ2v) is 17.5. The van der Waals surface area contributed by atoms with Crippen molar-refractivity contribution in [1.29, 1.82) is 0 Å². The standard InChI is InChI=1S/C37H50N8O9S/c1-36(2,51)30-22-39-42-45(30)26-21-29(34(49)41-37(31(46)32(38)47)14-18-54-19-15-37)44(23-26)35(50)28(20-24-8-4-3-5-9-24)40-33(48)25-10-12-27(13-11-25)55(52,53)43-16-6-7-17-43/h10-13,22,24,26,29,51H,3-9,14-21,23H2,1-2H3,(H2,38,47)(H,41,49)/t26-,29-/m0/s1. The first-order valence-electron chi connectivity index (χ1n) is 19.0. The van der Waals surface area contributed by atoms with Gasteiger partial charge in [0, 0.05) is 57.7 Å². The zero-order chi connectivity index (χ0) is 39.5. The van der Waals surface area contributed by atoms with Gasteiger partial charge in [-0.3, -0.25) is 24.0 Å². The van der Waals surface area contributed by atoms with Crippen LogP contribution in [0.1, 0.15) is 107 Å². The molecule has 1 aromatic carbocycles. The Morgan fingerprint density at radius 2 is 1.67 bits per heavy atom. The molecule has 4 heterocycles.